The van der Waals surface area contributed by atoms with Crippen LogP contribution >= 0.6 is 0 Å². The van der Waals surface area contributed by atoms with Crippen LogP contribution in [0.1, 0.15) is 0 Å². The van der Waals surface area contributed by atoms with Gasteiger partial charge in [0.1, 0.15) is 11.3 Å². The van der Waals surface area contributed by atoms with Crippen molar-refractivity contribution in [3.05, 3.63) is 218 Å². The van der Waals surface area contributed by atoms with E-state index < -0.39 is 0 Å². The minimum atomic E-state index is 0.683. The highest BCUT2D eigenvalue weighted by Gasteiger charge is 2.19. The van der Waals surface area contributed by atoms with Gasteiger partial charge in [-0.2, -0.15) is 0 Å². The van der Waals surface area contributed by atoms with Crippen molar-refractivity contribution in [3.8, 4) is 67.5 Å². The van der Waals surface area contributed by atoms with Gasteiger partial charge in [-0.15, -0.1) is 0 Å². The number of nitrogens with zero attached hydrogens (tertiary/aromatic N) is 2. The molecule has 12 rings (SSSR count). The summed E-state index contributed by atoms with van der Waals surface area (Å²) in [6.45, 7) is 0. The molecule has 0 aliphatic carbocycles. The Morgan fingerprint density at radius 3 is 1.61 bits per heavy atom. The first-order valence-corrected chi connectivity index (χ1v) is 20.7. The van der Waals surface area contributed by atoms with Crippen LogP contribution in [0.25, 0.3) is 122 Å². The maximum absolute atomic E-state index is 6.26. The number of rotatable bonds is 6. The van der Waals surface area contributed by atoms with Gasteiger partial charge in [0.15, 0.2) is 5.82 Å². The Balaban J connectivity index is 1.01. The molecule has 61 heavy (non-hydrogen) atoms. The Labute approximate surface area is 352 Å². The summed E-state index contributed by atoms with van der Waals surface area (Å²) in [7, 11) is 0. The number of aromatic nitrogens is 2. The van der Waals surface area contributed by atoms with Crippen LogP contribution in [0.5, 0.6) is 0 Å². The molecule has 0 bridgehead atoms. The fraction of sp³-hybridized carbons (Fsp3) is 0. The number of hydrogen-bond acceptors (Lipinski definition) is 3. The summed E-state index contributed by atoms with van der Waals surface area (Å²) in [5.41, 5.74) is 11.5. The standard InChI is InChI=1S/C58H36N2O/c1-3-15-38(16-4-1)55-48-23-10-11-24-49(48)56(57-47-22-9-7-14-37(47)30-31-50(55)57)46-29-27-40-32-43(28-26-41(40)33-46)52-36-51(59-58(60-52)39-17-5-2-6-18-39)42-20-13-21-44(34-42)54-35-45-19-8-12-25-53(45)61-54/h1-36H. The van der Waals surface area contributed by atoms with E-state index in [1.807, 2.05) is 36.4 Å². The van der Waals surface area contributed by atoms with Gasteiger partial charge in [-0.25, -0.2) is 9.97 Å². The molecule has 12 aromatic rings. The Kier molecular flexibility index (Phi) is 8.17. The van der Waals surface area contributed by atoms with Crippen molar-refractivity contribution in [1.29, 1.82) is 0 Å². The van der Waals surface area contributed by atoms with Crippen molar-refractivity contribution in [3.63, 3.8) is 0 Å². The molecule has 0 saturated heterocycles. The molecule has 0 aliphatic rings. The molecule has 0 unspecified atom stereocenters. The molecule has 0 saturated carbocycles. The van der Waals surface area contributed by atoms with E-state index in [1.54, 1.807) is 0 Å². The Hall–Kier alpha value is -8.14. The van der Waals surface area contributed by atoms with Crippen molar-refractivity contribution >= 4 is 54.1 Å². The number of fused-ring (bicyclic) bond motifs is 6. The number of para-hydroxylation sites is 1. The topological polar surface area (TPSA) is 38.9 Å². The van der Waals surface area contributed by atoms with Crippen LogP contribution in [0, 0.1) is 0 Å². The Bertz CT molecular complexity index is 3610. The van der Waals surface area contributed by atoms with Crippen molar-refractivity contribution in [1.82, 2.24) is 9.97 Å². The lowest BCUT2D eigenvalue weighted by Gasteiger charge is -2.19. The second-order valence-electron chi connectivity index (χ2n) is 15.7. The van der Waals surface area contributed by atoms with E-state index in [0.29, 0.717) is 5.82 Å². The molecule has 0 atom stereocenters. The van der Waals surface area contributed by atoms with Gasteiger partial charge >= 0.3 is 0 Å². The molecule has 3 nitrogen and oxygen atoms in total. The van der Waals surface area contributed by atoms with Gasteiger partial charge in [0.2, 0.25) is 0 Å². The highest BCUT2D eigenvalue weighted by atomic mass is 16.3. The first-order valence-electron chi connectivity index (χ1n) is 20.7. The largest absolute Gasteiger partial charge is 0.456 e. The first kappa shape index (κ1) is 34.9. The summed E-state index contributed by atoms with van der Waals surface area (Å²) in [5.74, 6) is 1.51. The second-order valence-corrected chi connectivity index (χ2v) is 15.7. The zero-order valence-electron chi connectivity index (χ0n) is 33.1. The molecular weight excluding hydrogens is 741 g/mol. The van der Waals surface area contributed by atoms with Crippen LogP contribution in [-0.4, -0.2) is 9.97 Å². The van der Waals surface area contributed by atoms with Gasteiger partial charge < -0.3 is 4.42 Å². The molecular formula is C58H36N2O. The predicted molar refractivity (Wildman–Crippen MR) is 254 cm³/mol. The smallest absolute Gasteiger partial charge is 0.160 e. The van der Waals surface area contributed by atoms with Gasteiger partial charge in [0.05, 0.1) is 11.4 Å². The maximum Gasteiger partial charge on any atom is 0.160 e. The summed E-state index contributed by atoms with van der Waals surface area (Å²) >= 11 is 0. The SMILES string of the molecule is c1ccc(-c2nc(-c3cccc(-c4cc5ccccc5o4)c3)cc(-c3ccc4cc(-c5c6ccccc6c(-c6ccccc6)c6ccc7ccccc7c56)ccc4c3)n2)cc1. The van der Waals surface area contributed by atoms with Crippen LogP contribution in [-0.2, 0) is 0 Å². The lowest BCUT2D eigenvalue weighted by molar-refractivity contribution is 0.631. The van der Waals surface area contributed by atoms with E-state index in [1.165, 1.54) is 60.0 Å². The van der Waals surface area contributed by atoms with E-state index in [0.717, 1.165) is 55.8 Å². The average molecular weight is 777 g/mol. The van der Waals surface area contributed by atoms with E-state index in [4.69, 9.17) is 14.4 Å². The Morgan fingerprint density at radius 1 is 0.295 bits per heavy atom. The van der Waals surface area contributed by atoms with Gasteiger partial charge in [0, 0.05) is 27.6 Å². The minimum Gasteiger partial charge on any atom is -0.456 e. The number of furan rings is 1. The molecule has 0 aliphatic heterocycles. The van der Waals surface area contributed by atoms with Crippen molar-refractivity contribution < 1.29 is 4.42 Å². The van der Waals surface area contributed by atoms with Crippen LogP contribution < -0.4 is 0 Å². The summed E-state index contributed by atoms with van der Waals surface area (Å²) in [6, 6.07) is 77.6. The molecule has 0 radical (unpaired) electrons. The number of hydrogen-bond donors (Lipinski definition) is 0. The normalized spacial score (nSPS) is 11.6. The fourth-order valence-electron chi connectivity index (χ4n) is 9.14. The predicted octanol–water partition coefficient (Wildman–Crippen LogP) is 15.8. The highest BCUT2D eigenvalue weighted by Crippen LogP contribution is 2.46. The van der Waals surface area contributed by atoms with Gasteiger partial charge in [-0.1, -0.05) is 182 Å². The molecule has 0 spiro atoms. The fourth-order valence-corrected chi connectivity index (χ4v) is 9.14. The molecule has 10 aromatic carbocycles. The third kappa shape index (κ3) is 6.06. The second kappa shape index (κ2) is 14.3. The van der Waals surface area contributed by atoms with Crippen molar-refractivity contribution in [2.24, 2.45) is 0 Å². The number of benzene rings is 10. The minimum absolute atomic E-state index is 0.683. The van der Waals surface area contributed by atoms with Crippen LogP contribution in [0.2, 0.25) is 0 Å². The van der Waals surface area contributed by atoms with Crippen molar-refractivity contribution in [2.45, 2.75) is 0 Å². The quantitative estimate of drug-likeness (QED) is 0.125. The van der Waals surface area contributed by atoms with Gasteiger partial charge in [0.25, 0.3) is 0 Å². The molecule has 284 valence electrons. The van der Waals surface area contributed by atoms with Crippen LogP contribution in [0.4, 0.5) is 0 Å². The maximum atomic E-state index is 6.26. The van der Waals surface area contributed by atoms with Gasteiger partial charge in [-0.05, 0) is 102 Å². The van der Waals surface area contributed by atoms with Gasteiger partial charge in [-0.3, -0.25) is 0 Å². The van der Waals surface area contributed by atoms with Crippen LogP contribution in [0.15, 0.2) is 223 Å². The molecule has 0 amide bonds. The molecule has 3 heteroatoms. The summed E-state index contributed by atoms with van der Waals surface area (Å²) in [4.78, 5) is 10.3. The zero-order valence-corrected chi connectivity index (χ0v) is 33.1. The monoisotopic (exact) mass is 776 g/mol. The molecule has 2 aromatic heterocycles. The lowest BCUT2D eigenvalue weighted by Crippen LogP contribution is -1.96. The summed E-state index contributed by atoms with van der Waals surface area (Å²) in [6.07, 6.45) is 0. The highest BCUT2D eigenvalue weighted by molar-refractivity contribution is 6.28. The van der Waals surface area contributed by atoms with E-state index in [9.17, 15) is 0 Å². The third-order valence-electron chi connectivity index (χ3n) is 12.0. The van der Waals surface area contributed by atoms with Crippen molar-refractivity contribution in [2.75, 3.05) is 0 Å². The summed E-state index contributed by atoms with van der Waals surface area (Å²) in [5, 5.41) is 10.9. The lowest BCUT2D eigenvalue weighted by atomic mass is 9.83. The third-order valence-corrected chi connectivity index (χ3v) is 12.0. The van der Waals surface area contributed by atoms with Crippen LogP contribution in [0.3, 0.4) is 0 Å². The molecule has 0 N–H and O–H groups in total. The average Bonchev–Trinajstić information content (AvgIpc) is 3.78. The molecule has 2 heterocycles. The molecule has 0 fully saturated rings. The Morgan fingerprint density at radius 2 is 0.852 bits per heavy atom. The van der Waals surface area contributed by atoms with E-state index >= 15 is 0 Å². The zero-order chi connectivity index (χ0) is 40.3. The van der Waals surface area contributed by atoms with E-state index in [-0.39, 0.29) is 0 Å². The summed E-state index contributed by atoms with van der Waals surface area (Å²) < 4.78 is 6.26. The first-order chi connectivity index (χ1) is 30.2. The van der Waals surface area contributed by atoms with E-state index in [2.05, 4.69) is 182 Å².